The van der Waals surface area contributed by atoms with Crippen LogP contribution in [0.1, 0.15) is 0 Å². The summed E-state index contributed by atoms with van der Waals surface area (Å²) in [5.41, 5.74) is 0.673. The Labute approximate surface area is 102 Å². The zero-order valence-corrected chi connectivity index (χ0v) is 9.82. The lowest BCUT2D eigenvalue weighted by molar-refractivity contribution is 0.262. The number of carbonyl (C=O) groups is 1. The number of methoxy groups -OCH3 is 1. The minimum absolute atomic E-state index is 0.358. The molecule has 0 spiro atoms. The Kier molecular flexibility index (Phi) is 3.51. The smallest absolute Gasteiger partial charge is 0.324 e. The SMILES string of the molecule is COc1ccc(NC(=O)Nc2cnsn2)cc1. The van der Waals surface area contributed by atoms with Crippen LogP contribution in [0, 0.1) is 0 Å². The van der Waals surface area contributed by atoms with Gasteiger partial charge in [0.25, 0.3) is 0 Å². The van der Waals surface area contributed by atoms with Crippen LogP contribution in [0.3, 0.4) is 0 Å². The van der Waals surface area contributed by atoms with Crippen LogP contribution in [0.25, 0.3) is 0 Å². The largest absolute Gasteiger partial charge is 0.497 e. The molecule has 7 heteroatoms. The summed E-state index contributed by atoms with van der Waals surface area (Å²) in [4.78, 5) is 11.5. The molecule has 2 amide bonds. The Morgan fingerprint density at radius 2 is 2.06 bits per heavy atom. The van der Waals surface area contributed by atoms with Gasteiger partial charge >= 0.3 is 6.03 Å². The Bertz CT molecular complexity index is 484. The zero-order valence-electron chi connectivity index (χ0n) is 9.01. The van der Waals surface area contributed by atoms with Gasteiger partial charge in [0.2, 0.25) is 0 Å². The molecular formula is C10H10N4O2S. The van der Waals surface area contributed by atoms with E-state index in [1.165, 1.54) is 6.20 Å². The topological polar surface area (TPSA) is 76.1 Å². The second kappa shape index (κ2) is 5.26. The Morgan fingerprint density at radius 3 is 2.65 bits per heavy atom. The number of ether oxygens (including phenoxy) is 1. The van der Waals surface area contributed by atoms with Gasteiger partial charge in [0, 0.05) is 5.69 Å². The number of amides is 2. The van der Waals surface area contributed by atoms with E-state index in [0.717, 1.165) is 17.5 Å². The van der Waals surface area contributed by atoms with Crippen LogP contribution < -0.4 is 15.4 Å². The van der Waals surface area contributed by atoms with E-state index >= 15 is 0 Å². The molecule has 0 atom stereocenters. The Hall–Kier alpha value is -2.15. The monoisotopic (exact) mass is 250 g/mol. The van der Waals surface area contributed by atoms with Gasteiger partial charge in [-0.15, -0.1) is 0 Å². The molecule has 17 heavy (non-hydrogen) atoms. The molecule has 0 bridgehead atoms. The predicted octanol–water partition coefficient (Wildman–Crippen LogP) is 2.19. The number of hydrogen-bond donors (Lipinski definition) is 2. The quantitative estimate of drug-likeness (QED) is 0.875. The van der Waals surface area contributed by atoms with Gasteiger partial charge in [-0.2, -0.15) is 8.75 Å². The first kappa shape index (κ1) is 11.3. The average Bonchev–Trinajstić information content (AvgIpc) is 2.82. The van der Waals surface area contributed by atoms with Gasteiger partial charge in [-0.1, -0.05) is 0 Å². The van der Waals surface area contributed by atoms with Gasteiger partial charge in [0.1, 0.15) is 5.75 Å². The van der Waals surface area contributed by atoms with Crippen molar-refractivity contribution in [3.05, 3.63) is 30.5 Å². The predicted molar refractivity (Wildman–Crippen MR) is 65.5 cm³/mol. The Balaban J connectivity index is 1.93. The number of benzene rings is 1. The van der Waals surface area contributed by atoms with Gasteiger partial charge < -0.3 is 10.1 Å². The van der Waals surface area contributed by atoms with Crippen molar-refractivity contribution in [2.24, 2.45) is 0 Å². The van der Waals surface area contributed by atoms with Crippen LogP contribution in [-0.4, -0.2) is 21.9 Å². The summed E-state index contributed by atoms with van der Waals surface area (Å²) in [6, 6.07) is 6.66. The second-order valence-corrected chi connectivity index (χ2v) is 3.66. The molecule has 0 aliphatic rings. The maximum atomic E-state index is 11.5. The molecule has 0 saturated carbocycles. The highest BCUT2D eigenvalue weighted by Crippen LogP contribution is 2.15. The van der Waals surface area contributed by atoms with Crippen LogP contribution in [0.2, 0.25) is 0 Å². The van der Waals surface area contributed by atoms with Crippen LogP contribution >= 0.6 is 11.7 Å². The van der Waals surface area contributed by atoms with Crippen molar-refractivity contribution < 1.29 is 9.53 Å². The summed E-state index contributed by atoms with van der Waals surface area (Å²) in [6.45, 7) is 0. The molecule has 2 N–H and O–H groups in total. The molecule has 0 fully saturated rings. The molecule has 2 rings (SSSR count). The summed E-state index contributed by atoms with van der Waals surface area (Å²) < 4.78 is 12.7. The van der Waals surface area contributed by atoms with Crippen LogP contribution in [-0.2, 0) is 0 Å². The third-order valence-electron chi connectivity index (χ3n) is 1.95. The van der Waals surface area contributed by atoms with Crippen LogP contribution in [0.15, 0.2) is 30.5 Å². The van der Waals surface area contributed by atoms with E-state index < -0.39 is 0 Å². The lowest BCUT2D eigenvalue weighted by atomic mass is 10.3. The number of nitrogens with one attached hydrogen (secondary N) is 2. The number of rotatable bonds is 3. The Morgan fingerprint density at radius 1 is 1.29 bits per heavy atom. The van der Waals surface area contributed by atoms with Crippen molar-refractivity contribution in [3.8, 4) is 5.75 Å². The molecule has 0 aliphatic heterocycles. The van der Waals surface area contributed by atoms with E-state index in [2.05, 4.69) is 19.4 Å². The summed E-state index contributed by atoms with van der Waals surface area (Å²) in [6.07, 6.45) is 1.48. The molecule has 2 aromatic rings. The highest BCUT2D eigenvalue weighted by molar-refractivity contribution is 6.99. The van der Waals surface area contributed by atoms with Crippen molar-refractivity contribution in [1.82, 2.24) is 8.75 Å². The van der Waals surface area contributed by atoms with Crippen molar-refractivity contribution in [3.63, 3.8) is 0 Å². The van der Waals surface area contributed by atoms with E-state index in [4.69, 9.17) is 4.74 Å². The third kappa shape index (κ3) is 3.15. The highest BCUT2D eigenvalue weighted by Gasteiger charge is 2.04. The first-order valence-electron chi connectivity index (χ1n) is 4.77. The first-order chi connectivity index (χ1) is 8.28. The van der Waals surface area contributed by atoms with Gasteiger partial charge in [-0.05, 0) is 24.3 Å². The molecule has 6 nitrogen and oxygen atoms in total. The lowest BCUT2D eigenvalue weighted by Crippen LogP contribution is -2.19. The number of anilines is 2. The highest BCUT2D eigenvalue weighted by atomic mass is 32.1. The minimum atomic E-state index is -0.358. The molecule has 1 aromatic carbocycles. The normalized spacial score (nSPS) is 9.71. The van der Waals surface area contributed by atoms with E-state index in [0.29, 0.717) is 11.5 Å². The fourth-order valence-corrected chi connectivity index (χ4v) is 1.55. The molecular weight excluding hydrogens is 240 g/mol. The van der Waals surface area contributed by atoms with E-state index in [1.54, 1.807) is 31.4 Å². The number of nitrogens with zero attached hydrogens (tertiary/aromatic N) is 2. The molecule has 0 unspecified atom stereocenters. The number of urea groups is 1. The standard InChI is InChI=1S/C10H10N4O2S/c1-16-8-4-2-7(3-5-8)12-10(15)13-9-6-11-17-14-9/h2-6H,1H3,(H2,12,13,14,15). The summed E-state index contributed by atoms with van der Waals surface area (Å²) in [7, 11) is 1.59. The molecule has 0 aliphatic carbocycles. The van der Waals surface area contributed by atoms with E-state index in [1.807, 2.05) is 0 Å². The van der Waals surface area contributed by atoms with Crippen LogP contribution in [0.5, 0.6) is 5.75 Å². The zero-order chi connectivity index (χ0) is 12.1. The maximum Gasteiger partial charge on any atom is 0.324 e. The third-order valence-corrected chi connectivity index (χ3v) is 2.43. The van der Waals surface area contributed by atoms with Gasteiger partial charge in [-0.25, -0.2) is 4.79 Å². The number of aromatic nitrogens is 2. The van der Waals surface area contributed by atoms with Crippen molar-refractivity contribution in [2.75, 3.05) is 17.7 Å². The number of hydrogen-bond acceptors (Lipinski definition) is 5. The van der Waals surface area contributed by atoms with Crippen LogP contribution in [0.4, 0.5) is 16.3 Å². The molecule has 0 saturated heterocycles. The van der Waals surface area contributed by atoms with Gasteiger partial charge in [0.15, 0.2) is 5.82 Å². The van der Waals surface area contributed by atoms with Gasteiger partial charge in [-0.3, -0.25) is 5.32 Å². The minimum Gasteiger partial charge on any atom is -0.497 e. The van der Waals surface area contributed by atoms with Crippen molar-refractivity contribution in [2.45, 2.75) is 0 Å². The van der Waals surface area contributed by atoms with Gasteiger partial charge in [0.05, 0.1) is 25.0 Å². The second-order valence-electron chi connectivity index (χ2n) is 3.10. The average molecular weight is 250 g/mol. The molecule has 1 aromatic heterocycles. The maximum absolute atomic E-state index is 11.5. The first-order valence-corrected chi connectivity index (χ1v) is 5.50. The van der Waals surface area contributed by atoms with E-state index in [9.17, 15) is 4.79 Å². The number of carbonyl (C=O) groups excluding carboxylic acids is 1. The molecule has 0 radical (unpaired) electrons. The lowest BCUT2D eigenvalue weighted by Gasteiger charge is -2.06. The van der Waals surface area contributed by atoms with Crippen molar-refractivity contribution >= 4 is 29.3 Å². The summed E-state index contributed by atoms with van der Waals surface area (Å²) >= 11 is 1.03. The van der Waals surface area contributed by atoms with Crippen molar-refractivity contribution in [1.29, 1.82) is 0 Å². The summed E-state index contributed by atoms with van der Waals surface area (Å²) in [5.74, 6) is 1.17. The van der Waals surface area contributed by atoms with E-state index in [-0.39, 0.29) is 6.03 Å². The molecule has 1 heterocycles. The fraction of sp³-hybridized carbons (Fsp3) is 0.100. The molecule has 88 valence electrons. The summed E-state index contributed by atoms with van der Waals surface area (Å²) in [5, 5.41) is 5.22. The fourth-order valence-electron chi connectivity index (χ4n) is 1.17.